The van der Waals surface area contributed by atoms with Crippen LogP contribution in [0.1, 0.15) is 16.8 Å². The number of carbonyl (C=O) groups excluding carboxylic acids is 2. The van der Waals surface area contributed by atoms with Crippen LogP contribution in [0.25, 0.3) is 0 Å². The molecule has 0 saturated carbocycles. The van der Waals surface area contributed by atoms with E-state index in [0.717, 1.165) is 0 Å². The molecule has 1 aliphatic heterocycles. The van der Waals surface area contributed by atoms with Gasteiger partial charge in [-0.3, -0.25) is 4.79 Å². The molecule has 148 valence electrons. The van der Waals surface area contributed by atoms with Gasteiger partial charge in [-0.25, -0.2) is 13.2 Å². The van der Waals surface area contributed by atoms with Crippen molar-refractivity contribution in [3.8, 4) is 5.75 Å². The zero-order chi connectivity index (χ0) is 20.1. The van der Waals surface area contributed by atoms with Crippen LogP contribution in [0.5, 0.6) is 5.75 Å². The Balaban J connectivity index is 1.81. The Morgan fingerprint density at radius 3 is 2.39 bits per heavy atom. The van der Waals surface area contributed by atoms with E-state index in [0.29, 0.717) is 12.1 Å². The van der Waals surface area contributed by atoms with Crippen LogP contribution in [0.2, 0.25) is 0 Å². The molecule has 1 heterocycles. The van der Waals surface area contributed by atoms with Gasteiger partial charge >= 0.3 is 5.97 Å². The molecule has 2 aromatic rings. The Morgan fingerprint density at radius 2 is 1.75 bits per heavy atom. The lowest BCUT2D eigenvalue weighted by Gasteiger charge is -2.28. The summed E-state index contributed by atoms with van der Waals surface area (Å²) in [6.07, 6.45) is 0.377. The average molecular weight is 403 g/mol. The monoisotopic (exact) mass is 403 g/mol. The van der Waals surface area contributed by atoms with Crippen molar-refractivity contribution in [1.82, 2.24) is 0 Å². The minimum absolute atomic E-state index is 0.0559. The highest BCUT2D eigenvalue weighted by molar-refractivity contribution is 7.91. The molecule has 1 saturated heterocycles. The maximum atomic E-state index is 13.0. The lowest BCUT2D eigenvalue weighted by molar-refractivity contribution is -0.121. The molecule has 0 N–H and O–H groups in total. The maximum absolute atomic E-state index is 13.0. The van der Waals surface area contributed by atoms with Crippen LogP contribution >= 0.6 is 0 Å². The Morgan fingerprint density at radius 1 is 1.07 bits per heavy atom. The normalized spacial score (nSPS) is 17.7. The Hall–Kier alpha value is -2.87. The van der Waals surface area contributed by atoms with Crippen molar-refractivity contribution in [2.75, 3.05) is 30.1 Å². The van der Waals surface area contributed by atoms with Gasteiger partial charge < -0.3 is 14.4 Å². The summed E-state index contributed by atoms with van der Waals surface area (Å²) in [7, 11) is -1.90. The van der Waals surface area contributed by atoms with Crippen LogP contribution in [0.15, 0.2) is 54.6 Å². The zero-order valence-corrected chi connectivity index (χ0v) is 16.2. The number of nitrogens with zero attached hydrogens (tertiary/aromatic N) is 1. The van der Waals surface area contributed by atoms with Crippen LogP contribution in [-0.4, -0.2) is 51.6 Å². The van der Waals surface area contributed by atoms with Crippen LogP contribution in [0, 0.1) is 0 Å². The number of ether oxygens (including phenoxy) is 2. The molecule has 28 heavy (non-hydrogen) atoms. The molecule has 0 bridgehead atoms. The summed E-state index contributed by atoms with van der Waals surface area (Å²) in [6.45, 7) is -0.334. The van der Waals surface area contributed by atoms with E-state index in [1.165, 1.54) is 12.0 Å². The molecule has 2 aromatic carbocycles. The van der Waals surface area contributed by atoms with E-state index in [9.17, 15) is 18.0 Å². The van der Waals surface area contributed by atoms with Crippen molar-refractivity contribution in [3.05, 3.63) is 60.2 Å². The van der Waals surface area contributed by atoms with E-state index < -0.39 is 21.8 Å². The number of para-hydroxylation sites is 2. The van der Waals surface area contributed by atoms with Crippen LogP contribution in [-0.2, 0) is 19.4 Å². The minimum atomic E-state index is -3.17. The number of methoxy groups -OCH3 is 1. The van der Waals surface area contributed by atoms with Gasteiger partial charge in [-0.05, 0) is 30.7 Å². The quantitative estimate of drug-likeness (QED) is 0.686. The number of sulfone groups is 1. The largest absolute Gasteiger partial charge is 0.483 e. The second-order valence-electron chi connectivity index (χ2n) is 6.43. The third-order valence-electron chi connectivity index (χ3n) is 4.52. The Kier molecular flexibility index (Phi) is 5.99. The smallest absolute Gasteiger partial charge is 0.341 e. The fourth-order valence-corrected chi connectivity index (χ4v) is 4.91. The summed E-state index contributed by atoms with van der Waals surface area (Å²) in [5.41, 5.74) is 0.826. The van der Waals surface area contributed by atoms with Gasteiger partial charge in [-0.2, -0.15) is 0 Å². The minimum Gasteiger partial charge on any atom is -0.483 e. The fraction of sp³-hybridized carbons (Fsp3) is 0.300. The predicted octanol–water partition coefficient (Wildman–Crippen LogP) is 2.07. The molecular weight excluding hydrogens is 382 g/mol. The number of carbonyl (C=O) groups is 2. The van der Waals surface area contributed by atoms with Crippen molar-refractivity contribution >= 4 is 27.4 Å². The number of rotatable bonds is 6. The average Bonchev–Trinajstić information content (AvgIpc) is 3.06. The van der Waals surface area contributed by atoms with Gasteiger partial charge in [0.2, 0.25) is 0 Å². The maximum Gasteiger partial charge on any atom is 0.341 e. The first-order valence-electron chi connectivity index (χ1n) is 8.79. The van der Waals surface area contributed by atoms with Gasteiger partial charge in [0.1, 0.15) is 11.3 Å². The number of hydrogen-bond acceptors (Lipinski definition) is 6. The molecule has 1 fully saturated rings. The fourth-order valence-electron chi connectivity index (χ4n) is 3.21. The van der Waals surface area contributed by atoms with Crippen LogP contribution < -0.4 is 9.64 Å². The third kappa shape index (κ3) is 4.51. The number of amides is 1. The molecule has 3 rings (SSSR count). The SMILES string of the molecule is COC(=O)c1ccccc1OCC(=O)N(c1ccccc1)[C@H]1CCS(=O)(=O)C1. The van der Waals surface area contributed by atoms with Gasteiger partial charge in [0.25, 0.3) is 5.91 Å². The highest BCUT2D eigenvalue weighted by Crippen LogP contribution is 2.25. The van der Waals surface area contributed by atoms with Crippen molar-refractivity contribution in [2.45, 2.75) is 12.5 Å². The molecule has 1 amide bonds. The van der Waals surface area contributed by atoms with E-state index in [4.69, 9.17) is 9.47 Å². The number of benzene rings is 2. The van der Waals surface area contributed by atoms with Crippen molar-refractivity contribution in [2.24, 2.45) is 0 Å². The number of hydrogen-bond donors (Lipinski definition) is 0. The van der Waals surface area contributed by atoms with E-state index >= 15 is 0 Å². The van der Waals surface area contributed by atoms with E-state index in [2.05, 4.69) is 0 Å². The van der Waals surface area contributed by atoms with E-state index in [1.54, 1.807) is 48.5 Å². The highest BCUT2D eigenvalue weighted by Gasteiger charge is 2.35. The Labute approximate surface area is 163 Å². The molecule has 7 nitrogen and oxygen atoms in total. The number of esters is 1. The summed E-state index contributed by atoms with van der Waals surface area (Å²) in [5.74, 6) is -0.736. The lowest BCUT2D eigenvalue weighted by atomic mass is 10.1. The second-order valence-corrected chi connectivity index (χ2v) is 8.66. The van der Waals surface area contributed by atoms with Gasteiger partial charge in [-0.15, -0.1) is 0 Å². The van der Waals surface area contributed by atoms with Crippen molar-refractivity contribution < 1.29 is 27.5 Å². The molecule has 8 heteroatoms. The molecular formula is C20H21NO6S. The first kappa shape index (κ1) is 19.9. The summed E-state index contributed by atoms with van der Waals surface area (Å²) in [4.78, 5) is 26.3. The first-order valence-corrected chi connectivity index (χ1v) is 10.6. The van der Waals surface area contributed by atoms with Gasteiger partial charge in [0.05, 0.1) is 24.7 Å². The molecule has 0 unspecified atom stereocenters. The lowest BCUT2D eigenvalue weighted by Crippen LogP contribution is -2.43. The predicted molar refractivity (Wildman–Crippen MR) is 104 cm³/mol. The summed E-state index contributed by atoms with van der Waals surface area (Å²) in [5, 5.41) is 0. The topological polar surface area (TPSA) is 90.0 Å². The molecule has 0 radical (unpaired) electrons. The molecule has 1 aliphatic rings. The van der Waals surface area contributed by atoms with E-state index in [-0.39, 0.29) is 35.3 Å². The van der Waals surface area contributed by atoms with Crippen molar-refractivity contribution in [3.63, 3.8) is 0 Å². The zero-order valence-electron chi connectivity index (χ0n) is 15.4. The Bertz CT molecular complexity index is 958. The standard InChI is InChI=1S/C20H21NO6S/c1-26-20(23)17-9-5-6-10-18(17)27-13-19(22)21(15-7-3-2-4-8-15)16-11-12-28(24,25)14-16/h2-10,16H,11-14H2,1H3/t16-/m0/s1. The highest BCUT2D eigenvalue weighted by atomic mass is 32.2. The summed E-state index contributed by atoms with van der Waals surface area (Å²) in [6, 6.07) is 14.9. The van der Waals surface area contributed by atoms with Crippen LogP contribution in [0.3, 0.4) is 0 Å². The molecule has 0 aliphatic carbocycles. The van der Waals surface area contributed by atoms with Crippen molar-refractivity contribution in [1.29, 1.82) is 0 Å². The summed E-state index contributed by atoms with van der Waals surface area (Å²) < 4.78 is 34.1. The van der Waals surface area contributed by atoms with Gasteiger partial charge in [0, 0.05) is 5.69 Å². The first-order chi connectivity index (χ1) is 13.4. The van der Waals surface area contributed by atoms with Crippen LogP contribution in [0.4, 0.5) is 5.69 Å². The third-order valence-corrected chi connectivity index (χ3v) is 6.27. The van der Waals surface area contributed by atoms with E-state index in [1.807, 2.05) is 6.07 Å². The molecule has 0 aromatic heterocycles. The number of anilines is 1. The second kappa shape index (κ2) is 8.43. The van der Waals surface area contributed by atoms with Gasteiger partial charge in [-0.1, -0.05) is 30.3 Å². The molecule has 0 spiro atoms. The summed E-state index contributed by atoms with van der Waals surface area (Å²) >= 11 is 0. The van der Waals surface area contributed by atoms with Gasteiger partial charge in [0.15, 0.2) is 16.4 Å². The molecule has 1 atom stereocenters.